The van der Waals surface area contributed by atoms with Gasteiger partial charge < -0.3 is 9.84 Å². The molecule has 0 aromatic heterocycles. The van der Waals surface area contributed by atoms with Gasteiger partial charge in [0.25, 0.3) is 0 Å². The summed E-state index contributed by atoms with van der Waals surface area (Å²) in [7, 11) is 0. The first-order valence-corrected chi connectivity index (χ1v) is 2.69. The second kappa shape index (κ2) is 7.22. The van der Waals surface area contributed by atoms with Gasteiger partial charge in [-0.3, -0.25) is 0 Å². The molecule has 0 aliphatic rings. The molecule has 0 unspecified atom stereocenters. The van der Waals surface area contributed by atoms with Crippen LogP contribution in [0.4, 0.5) is 0 Å². The first-order chi connectivity index (χ1) is 4.41. The molecule has 50 valence electrons. The van der Waals surface area contributed by atoms with Crippen LogP contribution in [0.3, 0.4) is 0 Å². The topological polar surface area (TPSA) is 29.5 Å². The average molecular weight is 126 g/mol. The average Bonchev–Trinajstić information content (AvgIpc) is 1.89. The Morgan fingerprint density at radius 3 is 2.89 bits per heavy atom. The molecule has 2 nitrogen and oxygen atoms in total. The molecule has 0 bridgehead atoms. The molecule has 0 fully saturated rings. The van der Waals surface area contributed by atoms with E-state index in [2.05, 4.69) is 5.92 Å². The van der Waals surface area contributed by atoms with Crippen LogP contribution < -0.4 is 0 Å². The van der Waals surface area contributed by atoms with Gasteiger partial charge in [-0.2, -0.15) is 0 Å². The maximum Gasteiger partial charge on any atom is 0.107 e. The Labute approximate surface area is 55.1 Å². The highest BCUT2D eigenvalue weighted by Crippen LogP contribution is 1.74. The predicted octanol–water partition coefficient (Wildman–Crippen LogP) is 0.185. The summed E-state index contributed by atoms with van der Waals surface area (Å²) >= 11 is 0. The Bertz CT molecular complexity index is 111. The number of terminal acetylenes is 1. The minimum atomic E-state index is 0.0550. The fourth-order valence-electron chi connectivity index (χ4n) is 0.328. The zero-order chi connectivity index (χ0) is 6.95. The van der Waals surface area contributed by atoms with Crippen molar-refractivity contribution in [2.45, 2.75) is 0 Å². The third kappa shape index (κ3) is 7.22. The van der Waals surface area contributed by atoms with Crippen LogP contribution in [0.2, 0.25) is 0 Å². The molecule has 0 amide bonds. The quantitative estimate of drug-likeness (QED) is 0.331. The Balaban J connectivity index is 2.92. The van der Waals surface area contributed by atoms with Gasteiger partial charge >= 0.3 is 0 Å². The lowest BCUT2D eigenvalue weighted by Crippen LogP contribution is -1.90. The summed E-state index contributed by atoms with van der Waals surface area (Å²) in [5.74, 6) is 2.33. The van der Waals surface area contributed by atoms with Crippen LogP contribution in [-0.4, -0.2) is 24.9 Å². The van der Waals surface area contributed by atoms with Crippen molar-refractivity contribution in [3.8, 4) is 12.3 Å². The van der Waals surface area contributed by atoms with Crippen LogP contribution in [0.5, 0.6) is 0 Å². The fourth-order valence-corrected chi connectivity index (χ4v) is 0.328. The van der Waals surface area contributed by atoms with E-state index in [4.69, 9.17) is 16.3 Å². The standard InChI is InChI=1S/C7H10O2/c1-2-6-9-7-4-3-5-8/h1,3-4,8H,5-7H2. The molecule has 0 heterocycles. The van der Waals surface area contributed by atoms with Crippen molar-refractivity contribution in [2.24, 2.45) is 0 Å². The van der Waals surface area contributed by atoms with Gasteiger partial charge in [-0.15, -0.1) is 6.42 Å². The summed E-state index contributed by atoms with van der Waals surface area (Å²) in [5, 5.41) is 8.24. The number of aliphatic hydroxyl groups is 1. The number of hydrogen-bond donors (Lipinski definition) is 1. The normalized spacial score (nSPS) is 9.78. The highest BCUT2D eigenvalue weighted by atomic mass is 16.5. The van der Waals surface area contributed by atoms with Crippen LogP contribution in [0.25, 0.3) is 0 Å². The highest BCUT2D eigenvalue weighted by Gasteiger charge is 1.74. The number of aliphatic hydroxyl groups excluding tert-OH is 1. The Morgan fingerprint density at radius 1 is 1.56 bits per heavy atom. The Morgan fingerprint density at radius 2 is 2.33 bits per heavy atom. The summed E-state index contributed by atoms with van der Waals surface area (Å²) in [6.45, 7) is 0.861. The maximum atomic E-state index is 8.24. The van der Waals surface area contributed by atoms with E-state index in [0.717, 1.165) is 0 Å². The Kier molecular flexibility index (Phi) is 6.59. The zero-order valence-electron chi connectivity index (χ0n) is 5.21. The zero-order valence-corrected chi connectivity index (χ0v) is 5.21. The van der Waals surface area contributed by atoms with Gasteiger partial charge in [0.05, 0.1) is 13.2 Å². The summed E-state index contributed by atoms with van der Waals surface area (Å²) in [6, 6.07) is 0. The van der Waals surface area contributed by atoms with Crippen LogP contribution >= 0.6 is 0 Å². The molecule has 1 N–H and O–H groups in total. The smallest absolute Gasteiger partial charge is 0.107 e. The molecule has 2 heteroatoms. The summed E-state index contributed by atoms with van der Waals surface area (Å²) in [4.78, 5) is 0. The van der Waals surface area contributed by atoms with E-state index < -0.39 is 0 Å². The molecule has 0 saturated heterocycles. The molecule has 0 aliphatic heterocycles. The molecule has 0 aromatic carbocycles. The molecule has 0 saturated carbocycles. The van der Waals surface area contributed by atoms with Gasteiger partial charge in [0, 0.05) is 0 Å². The lowest BCUT2D eigenvalue weighted by Gasteiger charge is -1.90. The number of hydrogen-bond acceptors (Lipinski definition) is 2. The SMILES string of the molecule is C#CCOCC=CCO. The Hall–Kier alpha value is -0.780. The number of ether oxygens (including phenoxy) is 1. The first-order valence-electron chi connectivity index (χ1n) is 2.69. The van der Waals surface area contributed by atoms with Gasteiger partial charge in [0.15, 0.2) is 0 Å². The second-order valence-electron chi connectivity index (χ2n) is 1.37. The van der Waals surface area contributed by atoms with Crippen molar-refractivity contribution in [1.82, 2.24) is 0 Å². The summed E-state index contributed by atoms with van der Waals surface area (Å²) in [5.41, 5.74) is 0. The van der Waals surface area contributed by atoms with Crippen molar-refractivity contribution in [3.63, 3.8) is 0 Å². The minimum Gasteiger partial charge on any atom is -0.392 e. The minimum absolute atomic E-state index is 0.0550. The molecule has 0 aromatic rings. The van der Waals surface area contributed by atoms with Gasteiger partial charge in [0.1, 0.15) is 6.61 Å². The molecular formula is C7H10O2. The lowest BCUT2D eigenvalue weighted by atomic mass is 10.5. The van der Waals surface area contributed by atoms with Crippen molar-refractivity contribution in [2.75, 3.05) is 19.8 Å². The molecular weight excluding hydrogens is 116 g/mol. The van der Waals surface area contributed by atoms with Crippen LogP contribution in [-0.2, 0) is 4.74 Å². The van der Waals surface area contributed by atoms with Gasteiger partial charge in [0.2, 0.25) is 0 Å². The molecule has 0 radical (unpaired) electrons. The molecule has 0 spiro atoms. The lowest BCUT2D eigenvalue weighted by molar-refractivity contribution is 0.198. The van der Waals surface area contributed by atoms with Crippen molar-refractivity contribution in [3.05, 3.63) is 12.2 Å². The van der Waals surface area contributed by atoms with E-state index in [1.54, 1.807) is 12.2 Å². The summed E-state index contributed by atoms with van der Waals surface area (Å²) in [6.07, 6.45) is 8.22. The van der Waals surface area contributed by atoms with Crippen LogP contribution in [0, 0.1) is 12.3 Å². The monoisotopic (exact) mass is 126 g/mol. The largest absolute Gasteiger partial charge is 0.392 e. The molecule has 0 atom stereocenters. The molecule has 9 heavy (non-hydrogen) atoms. The maximum absolute atomic E-state index is 8.24. The summed E-state index contributed by atoms with van der Waals surface area (Å²) < 4.78 is 4.85. The van der Waals surface area contributed by atoms with E-state index in [9.17, 15) is 0 Å². The molecule has 0 aliphatic carbocycles. The third-order valence-electron chi connectivity index (χ3n) is 0.672. The first kappa shape index (κ1) is 8.22. The van der Waals surface area contributed by atoms with E-state index in [1.165, 1.54) is 0 Å². The van der Waals surface area contributed by atoms with E-state index in [0.29, 0.717) is 13.2 Å². The van der Waals surface area contributed by atoms with E-state index in [1.807, 2.05) is 0 Å². The predicted molar refractivity (Wildman–Crippen MR) is 35.9 cm³/mol. The van der Waals surface area contributed by atoms with E-state index in [-0.39, 0.29) is 6.61 Å². The van der Waals surface area contributed by atoms with Crippen LogP contribution in [0.15, 0.2) is 12.2 Å². The molecule has 0 rings (SSSR count). The van der Waals surface area contributed by atoms with Crippen molar-refractivity contribution < 1.29 is 9.84 Å². The highest BCUT2D eigenvalue weighted by molar-refractivity contribution is 4.85. The van der Waals surface area contributed by atoms with E-state index >= 15 is 0 Å². The van der Waals surface area contributed by atoms with Crippen molar-refractivity contribution in [1.29, 1.82) is 0 Å². The van der Waals surface area contributed by atoms with Crippen LogP contribution in [0.1, 0.15) is 0 Å². The fraction of sp³-hybridized carbons (Fsp3) is 0.429. The van der Waals surface area contributed by atoms with Crippen molar-refractivity contribution >= 4 is 0 Å². The van der Waals surface area contributed by atoms with Gasteiger partial charge in [-0.05, 0) is 0 Å². The second-order valence-corrected chi connectivity index (χ2v) is 1.37. The van der Waals surface area contributed by atoms with Gasteiger partial charge in [-0.25, -0.2) is 0 Å². The van der Waals surface area contributed by atoms with Gasteiger partial charge in [-0.1, -0.05) is 18.1 Å². The number of rotatable bonds is 4. The third-order valence-corrected chi connectivity index (χ3v) is 0.672.